The Morgan fingerprint density at radius 3 is 2.60 bits per heavy atom. The molecule has 0 saturated heterocycles. The van der Waals surface area contributed by atoms with Crippen molar-refractivity contribution < 1.29 is 4.74 Å². The lowest BCUT2D eigenvalue weighted by Gasteiger charge is -2.06. The first-order chi connectivity index (χ1) is 9.72. The van der Waals surface area contributed by atoms with Crippen LogP contribution in [0.3, 0.4) is 0 Å². The molecule has 0 amide bonds. The maximum atomic E-state index is 5.67. The predicted molar refractivity (Wildman–Crippen MR) is 84.4 cm³/mol. The lowest BCUT2D eigenvalue weighted by Crippen LogP contribution is -1.96. The second kappa shape index (κ2) is 7.41. The van der Waals surface area contributed by atoms with Crippen LogP contribution in [0.25, 0.3) is 0 Å². The Morgan fingerprint density at radius 2 is 2.00 bits per heavy atom. The van der Waals surface area contributed by atoms with Crippen molar-refractivity contribution >= 4 is 11.3 Å². The molecule has 2 aromatic rings. The highest BCUT2D eigenvalue weighted by molar-refractivity contribution is 7.11. The van der Waals surface area contributed by atoms with E-state index in [2.05, 4.69) is 24.0 Å². The van der Waals surface area contributed by atoms with Crippen molar-refractivity contribution in [1.82, 2.24) is 4.98 Å². The monoisotopic (exact) mass is 290 g/mol. The average Bonchev–Trinajstić information content (AvgIpc) is 2.82. The molecule has 108 valence electrons. The lowest BCUT2D eigenvalue weighted by atomic mass is 10.1. The lowest BCUT2D eigenvalue weighted by molar-refractivity contribution is 0.309. The van der Waals surface area contributed by atoms with Crippen molar-refractivity contribution in [3.63, 3.8) is 0 Å². The Kier molecular flexibility index (Phi) is 5.56. The van der Waals surface area contributed by atoms with E-state index in [0.29, 0.717) is 6.54 Å². The normalized spacial score (nSPS) is 10.8. The van der Waals surface area contributed by atoms with E-state index >= 15 is 0 Å². The zero-order chi connectivity index (χ0) is 14.4. The van der Waals surface area contributed by atoms with Gasteiger partial charge in [0.25, 0.3) is 0 Å². The smallest absolute Gasteiger partial charge is 0.119 e. The molecule has 3 nitrogen and oxygen atoms in total. The Labute approximate surface area is 124 Å². The summed E-state index contributed by atoms with van der Waals surface area (Å²) >= 11 is 1.71. The predicted octanol–water partition coefficient (Wildman–Crippen LogP) is 3.68. The fraction of sp³-hybridized carbons (Fsp3) is 0.438. The maximum absolute atomic E-state index is 5.67. The minimum atomic E-state index is 0.524. The molecule has 0 aliphatic carbocycles. The van der Waals surface area contributed by atoms with Gasteiger partial charge in [-0.05, 0) is 31.0 Å². The average molecular weight is 290 g/mol. The summed E-state index contributed by atoms with van der Waals surface area (Å²) in [6.07, 6.45) is 3.18. The van der Waals surface area contributed by atoms with Gasteiger partial charge in [-0.15, -0.1) is 11.3 Å². The van der Waals surface area contributed by atoms with Gasteiger partial charge in [0, 0.05) is 17.8 Å². The largest absolute Gasteiger partial charge is 0.494 e. The number of aryl methyl sites for hydroxylation is 1. The molecule has 0 aliphatic heterocycles. The van der Waals surface area contributed by atoms with Crippen LogP contribution in [-0.2, 0) is 13.0 Å². The molecular formula is C16H22N2OS. The van der Waals surface area contributed by atoms with Gasteiger partial charge in [0.15, 0.2) is 0 Å². The summed E-state index contributed by atoms with van der Waals surface area (Å²) in [4.78, 5) is 5.76. The van der Waals surface area contributed by atoms with Crippen LogP contribution in [0.1, 0.15) is 40.9 Å². The third-order valence-electron chi connectivity index (χ3n) is 3.17. The van der Waals surface area contributed by atoms with E-state index in [1.54, 1.807) is 11.3 Å². The zero-order valence-electron chi connectivity index (χ0n) is 12.2. The van der Waals surface area contributed by atoms with Crippen molar-refractivity contribution in [1.29, 1.82) is 0 Å². The van der Waals surface area contributed by atoms with Gasteiger partial charge in [0.1, 0.15) is 10.8 Å². The number of unbranched alkanes of at least 4 members (excludes halogenated alkanes) is 1. The van der Waals surface area contributed by atoms with E-state index in [-0.39, 0.29) is 0 Å². The summed E-state index contributed by atoms with van der Waals surface area (Å²) in [5.41, 5.74) is 8.01. The summed E-state index contributed by atoms with van der Waals surface area (Å²) in [6, 6.07) is 8.35. The fourth-order valence-corrected chi connectivity index (χ4v) is 2.95. The second-order valence-corrected chi connectivity index (χ2v) is 6.01. The number of benzene rings is 1. The summed E-state index contributed by atoms with van der Waals surface area (Å²) in [5.74, 6) is 0.950. The van der Waals surface area contributed by atoms with Gasteiger partial charge >= 0.3 is 0 Å². The van der Waals surface area contributed by atoms with E-state index in [1.807, 2.05) is 19.1 Å². The van der Waals surface area contributed by atoms with E-state index < -0.39 is 0 Å². The van der Waals surface area contributed by atoms with E-state index in [0.717, 1.165) is 42.3 Å². The van der Waals surface area contributed by atoms with Crippen LogP contribution in [0.15, 0.2) is 24.3 Å². The van der Waals surface area contributed by atoms with Crippen molar-refractivity contribution in [2.45, 2.75) is 39.7 Å². The van der Waals surface area contributed by atoms with Crippen LogP contribution < -0.4 is 10.5 Å². The Morgan fingerprint density at radius 1 is 1.25 bits per heavy atom. The molecular weight excluding hydrogens is 268 g/mol. The number of hydrogen-bond donors (Lipinski definition) is 1. The molecule has 0 radical (unpaired) electrons. The van der Waals surface area contributed by atoms with Crippen molar-refractivity contribution in [2.75, 3.05) is 6.61 Å². The Balaban J connectivity index is 1.97. The molecule has 20 heavy (non-hydrogen) atoms. The number of thiazole rings is 1. The summed E-state index contributed by atoms with van der Waals surface area (Å²) < 4.78 is 5.67. The molecule has 0 spiro atoms. The molecule has 2 N–H and O–H groups in total. The van der Waals surface area contributed by atoms with Crippen LogP contribution in [-0.4, -0.2) is 11.6 Å². The van der Waals surface area contributed by atoms with Gasteiger partial charge in [-0.3, -0.25) is 0 Å². The quantitative estimate of drug-likeness (QED) is 0.791. The van der Waals surface area contributed by atoms with Crippen LogP contribution in [0, 0.1) is 6.92 Å². The first kappa shape index (κ1) is 15.0. The molecule has 2 rings (SSSR count). The summed E-state index contributed by atoms with van der Waals surface area (Å²) in [6.45, 7) is 5.53. The van der Waals surface area contributed by atoms with Crippen molar-refractivity contribution in [3.05, 3.63) is 45.4 Å². The zero-order valence-corrected chi connectivity index (χ0v) is 13.0. The van der Waals surface area contributed by atoms with Gasteiger partial charge in [0.05, 0.1) is 12.3 Å². The van der Waals surface area contributed by atoms with E-state index in [1.165, 1.54) is 10.4 Å². The third-order valence-corrected chi connectivity index (χ3v) is 4.35. The molecule has 1 heterocycles. The fourth-order valence-electron chi connectivity index (χ4n) is 1.96. The number of aromatic nitrogens is 1. The van der Waals surface area contributed by atoms with Crippen LogP contribution in [0.2, 0.25) is 0 Å². The van der Waals surface area contributed by atoms with Crippen molar-refractivity contribution in [2.24, 2.45) is 5.73 Å². The molecule has 0 unspecified atom stereocenters. The van der Waals surface area contributed by atoms with Crippen molar-refractivity contribution in [3.8, 4) is 5.75 Å². The molecule has 4 heteroatoms. The molecule has 0 saturated carbocycles. The molecule has 0 aliphatic rings. The maximum Gasteiger partial charge on any atom is 0.119 e. The van der Waals surface area contributed by atoms with E-state index in [4.69, 9.17) is 10.5 Å². The first-order valence-electron chi connectivity index (χ1n) is 7.10. The van der Waals surface area contributed by atoms with Gasteiger partial charge in [-0.25, -0.2) is 4.98 Å². The topological polar surface area (TPSA) is 48.1 Å². The third kappa shape index (κ3) is 4.05. The van der Waals surface area contributed by atoms with Gasteiger partial charge in [-0.1, -0.05) is 25.5 Å². The molecule has 0 bridgehead atoms. The number of ether oxygens (including phenoxy) is 1. The number of nitrogens with zero attached hydrogens (tertiary/aromatic N) is 1. The first-order valence-corrected chi connectivity index (χ1v) is 7.91. The van der Waals surface area contributed by atoms with Gasteiger partial charge in [-0.2, -0.15) is 0 Å². The van der Waals surface area contributed by atoms with Gasteiger partial charge in [0.2, 0.25) is 0 Å². The number of hydrogen-bond acceptors (Lipinski definition) is 4. The van der Waals surface area contributed by atoms with Crippen LogP contribution >= 0.6 is 11.3 Å². The Hall–Kier alpha value is -1.39. The van der Waals surface area contributed by atoms with Crippen LogP contribution in [0.5, 0.6) is 5.75 Å². The SMILES string of the molecule is CCCCOc1ccc(Cc2sc(CN)nc2C)cc1. The minimum absolute atomic E-state index is 0.524. The molecule has 1 aromatic carbocycles. The minimum Gasteiger partial charge on any atom is -0.494 e. The molecule has 0 atom stereocenters. The highest BCUT2D eigenvalue weighted by Crippen LogP contribution is 2.22. The Bertz CT molecular complexity index is 534. The highest BCUT2D eigenvalue weighted by Gasteiger charge is 2.07. The number of rotatable bonds is 7. The second-order valence-electron chi connectivity index (χ2n) is 4.84. The standard InChI is InChI=1S/C16H22N2OS/c1-3-4-9-19-14-7-5-13(6-8-14)10-15-12(2)18-16(11-17)20-15/h5-8H,3-4,9-11,17H2,1-2H3. The number of nitrogens with two attached hydrogens (primary N) is 1. The summed E-state index contributed by atoms with van der Waals surface area (Å²) in [7, 11) is 0. The van der Waals surface area contributed by atoms with Crippen LogP contribution in [0.4, 0.5) is 0 Å². The van der Waals surface area contributed by atoms with E-state index in [9.17, 15) is 0 Å². The molecule has 0 fully saturated rings. The highest BCUT2D eigenvalue weighted by atomic mass is 32.1. The van der Waals surface area contributed by atoms with Gasteiger partial charge < -0.3 is 10.5 Å². The summed E-state index contributed by atoms with van der Waals surface area (Å²) in [5, 5.41) is 1.01. The molecule has 1 aromatic heterocycles.